The second-order valence-corrected chi connectivity index (χ2v) is 6.70. The van der Waals surface area contributed by atoms with Crippen molar-refractivity contribution in [3.8, 4) is 0 Å². The Labute approximate surface area is 165 Å². The first kappa shape index (κ1) is 26.4. The second kappa shape index (κ2) is 14.4. The van der Waals surface area contributed by atoms with E-state index in [1.807, 2.05) is 0 Å². The van der Waals surface area contributed by atoms with Gasteiger partial charge in [-0.1, -0.05) is 19.8 Å². The number of unbranched alkanes of at least 4 members (excludes halogenated alkanes) is 4. The maximum Gasteiger partial charge on any atom is 0.308 e. The summed E-state index contributed by atoms with van der Waals surface area (Å²) in [5.41, 5.74) is -1.98. The van der Waals surface area contributed by atoms with Gasteiger partial charge >= 0.3 is 11.9 Å². The predicted octanol–water partition coefficient (Wildman–Crippen LogP) is 0.800. The minimum Gasteiger partial charge on any atom is -0.435 e. The lowest BCUT2D eigenvalue weighted by Gasteiger charge is -2.37. The van der Waals surface area contributed by atoms with E-state index in [1.165, 1.54) is 6.92 Å². The van der Waals surface area contributed by atoms with Crippen LogP contribution in [0.3, 0.4) is 0 Å². The van der Waals surface area contributed by atoms with Crippen molar-refractivity contribution in [1.82, 2.24) is 0 Å². The number of ketones is 1. The lowest BCUT2D eigenvalue weighted by Crippen LogP contribution is -2.53. The van der Waals surface area contributed by atoms with Gasteiger partial charge in [-0.15, -0.1) is 0 Å². The number of carbonyl (C=O) groups excluding carboxylic acids is 3. The quantitative estimate of drug-likeness (QED) is 0.166. The minimum atomic E-state index is -1.98. The van der Waals surface area contributed by atoms with Crippen molar-refractivity contribution < 1.29 is 44.3 Å². The molecule has 2 atom stereocenters. The van der Waals surface area contributed by atoms with Gasteiger partial charge in [-0.2, -0.15) is 0 Å². The number of ether oxygens (including phenoxy) is 2. The number of aliphatic hydroxyl groups is 4. The van der Waals surface area contributed by atoms with Gasteiger partial charge in [0, 0.05) is 26.1 Å². The van der Waals surface area contributed by atoms with Crippen molar-refractivity contribution in [2.24, 2.45) is 5.41 Å². The van der Waals surface area contributed by atoms with Gasteiger partial charge < -0.3 is 29.9 Å². The Balaban J connectivity index is 4.91. The number of hydrogen-bond donors (Lipinski definition) is 4. The molecule has 0 aromatic heterocycles. The smallest absolute Gasteiger partial charge is 0.308 e. The molecular formula is C19H34O9. The van der Waals surface area contributed by atoms with Crippen molar-refractivity contribution in [3.05, 3.63) is 0 Å². The highest BCUT2D eigenvalue weighted by atomic mass is 16.7. The van der Waals surface area contributed by atoms with E-state index in [2.05, 4.69) is 0 Å². The Morgan fingerprint density at radius 2 is 1.18 bits per heavy atom. The van der Waals surface area contributed by atoms with Gasteiger partial charge in [-0.05, 0) is 39.0 Å². The van der Waals surface area contributed by atoms with Crippen LogP contribution >= 0.6 is 0 Å². The first-order valence-corrected chi connectivity index (χ1v) is 9.74. The van der Waals surface area contributed by atoms with Gasteiger partial charge in [-0.3, -0.25) is 14.4 Å². The largest absolute Gasteiger partial charge is 0.435 e. The number of rotatable bonds is 16. The maximum atomic E-state index is 12.2. The van der Waals surface area contributed by atoms with Crippen LogP contribution in [-0.2, 0) is 23.9 Å². The minimum absolute atomic E-state index is 0.0124. The van der Waals surface area contributed by atoms with Crippen LogP contribution in [0.25, 0.3) is 0 Å². The van der Waals surface area contributed by atoms with E-state index >= 15 is 0 Å². The molecule has 0 aromatic rings. The molecule has 28 heavy (non-hydrogen) atoms. The standard InChI is InChI=1S/C19H34O9/c1-3-19(14(2)22,17(25)27-15(23)10-6-4-8-12-20)18(26)28-16(24)11-7-5-9-13-21/h17-18,20-21,25-26H,3-13H2,1-2H3. The summed E-state index contributed by atoms with van der Waals surface area (Å²) in [5, 5.41) is 38.1. The SMILES string of the molecule is CCC(C(C)=O)(C(O)OC(=O)CCCCCO)C(O)OC(=O)CCCCCO. The summed E-state index contributed by atoms with van der Waals surface area (Å²) in [4.78, 5) is 36.0. The third-order valence-electron chi connectivity index (χ3n) is 4.69. The Morgan fingerprint density at radius 1 is 0.786 bits per heavy atom. The van der Waals surface area contributed by atoms with E-state index < -0.39 is 35.7 Å². The number of Topliss-reactive ketones (excluding diaryl/α,β-unsaturated/α-hetero) is 1. The topological polar surface area (TPSA) is 151 Å². The molecule has 0 radical (unpaired) electrons. The molecule has 0 rings (SSSR count). The lowest BCUT2D eigenvalue weighted by atomic mass is 9.79. The average Bonchev–Trinajstić information content (AvgIpc) is 2.63. The Hall–Kier alpha value is -1.55. The van der Waals surface area contributed by atoms with Crippen LogP contribution in [0.2, 0.25) is 0 Å². The third-order valence-corrected chi connectivity index (χ3v) is 4.69. The van der Waals surface area contributed by atoms with Crippen molar-refractivity contribution >= 4 is 17.7 Å². The molecule has 164 valence electrons. The summed E-state index contributed by atoms with van der Waals surface area (Å²) < 4.78 is 9.84. The first-order valence-electron chi connectivity index (χ1n) is 9.74. The molecule has 0 aliphatic heterocycles. The zero-order chi connectivity index (χ0) is 21.6. The molecule has 0 saturated heterocycles. The van der Waals surface area contributed by atoms with E-state index in [0.717, 1.165) is 6.92 Å². The number of hydrogen-bond acceptors (Lipinski definition) is 9. The number of esters is 2. The lowest BCUT2D eigenvalue weighted by molar-refractivity contribution is -0.249. The van der Waals surface area contributed by atoms with Gasteiger partial charge in [0.15, 0.2) is 5.41 Å². The maximum absolute atomic E-state index is 12.2. The molecular weight excluding hydrogens is 372 g/mol. The van der Waals surface area contributed by atoms with E-state index in [0.29, 0.717) is 38.5 Å². The summed E-state index contributed by atoms with van der Waals surface area (Å²) in [6.07, 6.45) is -0.952. The molecule has 0 aromatic carbocycles. The highest BCUT2D eigenvalue weighted by Gasteiger charge is 2.52. The fourth-order valence-electron chi connectivity index (χ4n) is 2.76. The van der Waals surface area contributed by atoms with Gasteiger partial charge in [0.05, 0.1) is 0 Å². The Bertz CT molecular complexity index is 446. The van der Waals surface area contributed by atoms with Crippen LogP contribution in [0.1, 0.15) is 71.6 Å². The van der Waals surface area contributed by atoms with Gasteiger partial charge in [0.25, 0.3) is 0 Å². The highest BCUT2D eigenvalue weighted by Crippen LogP contribution is 2.34. The molecule has 2 unspecified atom stereocenters. The Kier molecular flexibility index (Phi) is 13.6. The summed E-state index contributed by atoms with van der Waals surface area (Å²) in [7, 11) is 0. The monoisotopic (exact) mass is 406 g/mol. The van der Waals surface area contributed by atoms with Crippen LogP contribution in [0, 0.1) is 5.41 Å². The summed E-state index contributed by atoms with van der Waals surface area (Å²) in [5.74, 6) is -2.20. The molecule has 0 bridgehead atoms. The molecule has 0 spiro atoms. The third kappa shape index (κ3) is 8.64. The van der Waals surface area contributed by atoms with Crippen LogP contribution in [0.4, 0.5) is 0 Å². The van der Waals surface area contributed by atoms with Crippen molar-refractivity contribution in [2.75, 3.05) is 13.2 Å². The summed E-state index contributed by atoms with van der Waals surface area (Å²) >= 11 is 0. The molecule has 0 saturated carbocycles. The van der Waals surface area contributed by atoms with E-state index in [1.54, 1.807) is 0 Å². The van der Waals surface area contributed by atoms with Crippen molar-refractivity contribution in [3.63, 3.8) is 0 Å². The van der Waals surface area contributed by atoms with E-state index in [4.69, 9.17) is 19.7 Å². The fourth-order valence-corrected chi connectivity index (χ4v) is 2.76. The molecule has 9 nitrogen and oxygen atoms in total. The van der Waals surface area contributed by atoms with Crippen molar-refractivity contribution in [1.29, 1.82) is 0 Å². The number of carbonyl (C=O) groups is 3. The zero-order valence-corrected chi connectivity index (χ0v) is 16.8. The van der Waals surface area contributed by atoms with Gasteiger partial charge in [-0.25, -0.2) is 0 Å². The van der Waals surface area contributed by atoms with E-state index in [9.17, 15) is 24.6 Å². The first-order chi connectivity index (χ1) is 13.3. The van der Waals surface area contributed by atoms with E-state index in [-0.39, 0.29) is 32.5 Å². The molecule has 0 heterocycles. The van der Waals surface area contributed by atoms with Crippen LogP contribution in [0.15, 0.2) is 0 Å². The second-order valence-electron chi connectivity index (χ2n) is 6.70. The molecule has 0 aliphatic rings. The summed E-state index contributed by atoms with van der Waals surface area (Å²) in [6.45, 7) is 2.63. The fraction of sp³-hybridized carbons (Fsp3) is 0.842. The van der Waals surface area contributed by atoms with Crippen LogP contribution in [-0.4, -0.2) is 63.9 Å². The summed E-state index contributed by atoms with van der Waals surface area (Å²) in [6, 6.07) is 0. The zero-order valence-electron chi connectivity index (χ0n) is 16.8. The predicted molar refractivity (Wildman–Crippen MR) is 98.7 cm³/mol. The van der Waals surface area contributed by atoms with Crippen LogP contribution in [0.5, 0.6) is 0 Å². The molecule has 0 amide bonds. The Morgan fingerprint density at radius 3 is 1.46 bits per heavy atom. The van der Waals surface area contributed by atoms with Crippen molar-refractivity contribution in [2.45, 2.75) is 84.2 Å². The molecule has 0 aliphatic carbocycles. The molecule has 4 N–H and O–H groups in total. The highest BCUT2D eigenvalue weighted by molar-refractivity contribution is 5.84. The van der Waals surface area contributed by atoms with Gasteiger partial charge in [0.1, 0.15) is 5.78 Å². The molecule has 0 fully saturated rings. The normalized spacial score (nSPS) is 15.4. The molecule has 9 heteroatoms. The van der Waals surface area contributed by atoms with Crippen LogP contribution < -0.4 is 0 Å². The van der Waals surface area contributed by atoms with Gasteiger partial charge in [0.2, 0.25) is 12.6 Å². The number of aliphatic hydroxyl groups excluding tert-OH is 4. The average molecular weight is 406 g/mol.